The normalized spacial score (nSPS) is 10.4. The van der Waals surface area contributed by atoms with Crippen LogP contribution in [0.4, 0.5) is 23.0 Å². The maximum Gasteiger partial charge on any atom is 0.151 e. The Morgan fingerprint density at radius 3 is 1.56 bits per heavy atom. The van der Waals surface area contributed by atoms with Crippen LogP contribution in [0.3, 0.4) is 0 Å². The fourth-order valence-electron chi connectivity index (χ4n) is 2.27. The third-order valence-corrected chi connectivity index (χ3v) is 4.51. The molecule has 5 nitrogen and oxygen atoms in total. The Labute approximate surface area is 153 Å². The summed E-state index contributed by atoms with van der Waals surface area (Å²) in [5.41, 5.74) is 1.72. The molecule has 0 aliphatic carbocycles. The average Bonchev–Trinajstić information content (AvgIpc) is 3.32. The quantitative estimate of drug-likeness (QED) is 0.446. The molecular formula is C18H14N4OS2. The maximum atomic E-state index is 6.16. The van der Waals surface area contributed by atoms with Gasteiger partial charge in [-0.05, 0) is 59.5 Å². The van der Waals surface area contributed by atoms with E-state index in [9.17, 15) is 0 Å². The zero-order chi connectivity index (χ0) is 16.9. The molecule has 0 radical (unpaired) electrons. The summed E-state index contributed by atoms with van der Waals surface area (Å²) < 4.78 is 14.7. The Balaban J connectivity index is 1.60. The first-order valence-electron chi connectivity index (χ1n) is 7.59. The molecule has 0 saturated carbocycles. The Kier molecular flexibility index (Phi) is 4.58. The minimum atomic E-state index is 0.725. The van der Waals surface area contributed by atoms with Crippen LogP contribution in [0.2, 0.25) is 0 Å². The SMILES string of the molecule is c1ccc(Oc2ccccc2Nc2ccsn2)c(Nc2ccsn2)c1. The zero-order valence-corrected chi connectivity index (χ0v) is 14.7. The van der Waals surface area contributed by atoms with Crippen LogP contribution in [-0.4, -0.2) is 8.75 Å². The van der Waals surface area contributed by atoms with Gasteiger partial charge in [-0.25, -0.2) is 0 Å². The first kappa shape index (κ1) is 15.6. The molecule has 0 aliphatic heterocycles. The third kappa shape index (κ3) is 3.78. The lowest BCUT2D eigenvalue weighted by atomic mass is 10.2. The van der Waals surface area contributed by atoms with Crippen molar-refractivity contribution >= 4 is 46.1 Å². The predicted octanol–water partition coefficient (Wildman–Crippen LogP) is 5.88. The summed E-state index contributed by atoms with van der Waals surface area (Å²) in [6.45, 7) is 0. The van der Waals surface area contributed by atoms with Crippen LogP contribution in [-0.2, 0) is 0 Å². The topological polar surface area (TPSA) is 59.1 Å². The number of aromatic nitrogens is 2. The molecule has 0 aliphatic rings. The smallest absolute Gasteiger partial charge is 0.151 e. The van der Waals surface area contributed by atoms with Crippen LogP contribution < -0.4 is 15.4 Å². The lowest BCUT2D eigenvalue weighted by Crippen LogP contribution is -1.97. The summed E-state index contributed by atoms with van der Waals surface area (Å²) in [6, 6.07) is 19.4. The second-order valence-corrected chi connectivity index (χ2v) is 6.44. The van der Waals surface area contributed by atoms with E-state index in [1.54, 1.807) is 0 Å². The number of ether oxygens (including phenoxy) is 1. The largest absolute Gasteiger partial charge is 0.453 e. The number of benzene rings is 2. The number of hydrogen-bond acceptors (Lipinski definition) is 7. The van der Waals surface area contributed by atoms with Gasteiger partial charge < -0.3 is 15.4 Å². The molecule has 2 aromatic heterocycles. The summed E-state index contributed by atoms with van der Waals surface area (Å²) in [7, 11) is 0. The van der Waals surface area contributed by atoms with Crippen molar-refractivity contribution in [1.29, 1.82) is 0 Å². The van der Waals surface area contributed by atoms with Crippen LogP contribution in [0.1, 0.15) is 0 Å². The highest BCUT2D eigenvalue weighted by Gasteiger charge is 2.09. The molecule has 2 heterocycles. The van der Waals surface area contributed by atoms with Crippen molar-refractivity contribution in [1.82, 2.24) is 8.75 Å². The fourth-order valence-corrected chi connectivity index (χ4v) is 3.21. The number of hydrogen-bond donors (Lipinski definition) is 2. The third-order valence-electron chi connectivity index (χ3n) is 3.40. The van der Waals surface area contributed by atoms with E-state index in [-0.39, 0.29) is 0 Å². The molecule has 4 aromatic rings. The molecule has 0 atom stereocenters. The van der Waals surface area contributed by atoms with Crippen LogP contribution in [0.15, 0.2) is 71.4 Å². The van der Waals surface area contributed by atoms with Gasteiger partial charge >= 0.3 is 0 Å². The molecule has 0 bridgehead atoms. The van der Waals surface area contributed by atoms with Gasteiger partial charge in [0.15, 0.2) is 11.5 Å². The van der Waals surface area contributed by atoms with Gasteiger partial charge in [-0.1, -0.05) is 24.3 Å². The summed E-state index contributed by atoms with van der Waals surface area (Å²) in [5, 5.41) is 10.4. The van der Waals surface area contributed by atoms with Crippen molar-refractivity contribution in [2.45, 2.75) is 0 Å². The van der Waals surface area contributed by atoms with Gasteiger partial charge in [-0.3, -0.25) is 0 Å². The molecule has 0 saturated heterocycles. The van der Waals surface area contributed by atoms with Gasteiger partial charge in [0.25, 0.3) is 0 Å². The molecule has 124 valence electrons. The molecule has 2 aromatic carbocycles. The van der Waals surface area contributed by atoms with Gasteiger partial charge in [-0.2, -0.15) is 8.75 Å². The van der Waals surface area contributed by atoms with E-state index in [2.05, 4.69) is 19.4 Å². The van der Waals surface area contributed by atoms with Crippen molar-refractivity contribution in [3.63, 3.8) is 0 Å². The summed E-state index contributed by atoms with van der Waals surface area (Å²) in [5.74, 6) is 3.05. The van der Waals surface area contributed by atoms with Crippen molar-refractivity contribution < 1.29 is 4.74 Å². The number of rotatable bonds is 6. The second-order valence-electron chi connectivity index (χ2n) is 5.11. The van der Waals surface area contributed by atoms with Gasteiger partial charge in [-0.15, -0.1) is 0 Å². The second kappa shape index (κ2) is 7.33. The standard InChI is InChI=1S/C18H14N4OS2/c1-3-7-15(13(5-1)19-17-9-11-24-21-17)23-16-8-4-2-6-14(16)20-18-10-12-25-22-18/h1-12H,(H,19,21)(H,20,22). The highest BCUT2D eigenvalue weighted by molar-refractivity contribution is 7.04. The van der Waals surface area contributed by atoms with E-state index in [0.29, 0.717) is 0 Å². The van der Waals surface area contributed by atoms with E-state index >= 15 is 0 Å². The highest BCUT2D eigenvalue weighted by Crippen LogP contribution is 2.35. The first-order valence-corrected chi connectivity index (χ1v) is 9.26. The van der Waals surface area contributed by atoms with Gasteiger partial charge in [0.05, 0.1) is 11.4 Å². The van der Waals surface area contributed by atoms with Crippen LogP contribution >= 0.6 is 23.1 Å². The zero-order valence-electron chi connectivity index (χ0n) is 13.0. The van der Waals surface area contributed by atoms with Crippen LogP contribution in [0, 0.1) is 0 Å². The molecule has 2 N–H and O–H groups in total. The van der Waals surface area contributed by atoms with E-state index in [0.717, 1.165) is 34.5 Å². The van der Waals surface area contributed by atoms with E-state index in [1.807, 2.05) is 71.4 Å². The number of nitrogens with one attached hydrogen (secondary N) is 2. The number of nitrogens with zero attached hydrogens (tertiary/aromatic N) is 2. The summed E-state index contributed by atoms with van der Waals surface area (Å²) in [6.07, 6.45) is 0. The van der Waals surface area contributed by atoms with E-state index < -0.39 is 0 Å². The van der Waals surface area contributed by atoms with Crippen molar-refractivity contribution in [2.24, 2.45) is 0 Å². The van der Waals surface area contributed by atoms with Crippen molar-refractivity contribution in [3.8, 4) is 11.5 Å². The first-order chi connectivity index (χ1) is 12.4. The minimum Gasteiger partial charge on any atom is -0.453 e. The van der Waals surface area contributed by atoms with E-state index in [4.69, 9.17) is 4.74 Å². The van der Waals surface area contributed by atoms with Gasteiger partial charge in [0.2, 0.25) is 0 Å². The Hall–Kier alpha value is -2.90. The molecule has 0 unspecified atom stereocenters. The maximum absolute atomic E-state index is 6.16. The monoisotopic (exact) mass is 366 g/mol. The predicted molar refractivity (Wildman–Crippen MR) is 104 cm³/mol. The summed E-state index contributed by atoms with van der Waals surface area (Å²) >= 11 is 2.81. The van der Waals surface area contributed by atoms with E-state index in [1.165, 1.54) is 23.1 Å². The molecule has 4 rings (SSSR count). The molecule has 0 amide bonds. The molecule has 0 spiro atoms. The molecule has 0 fully saturated rings. The lowest BCUT2D eigenvalue weighted by molar-refractivity contribution is 0.487. The van der Waals surface area contributed by atoms with Gasteiger partial charge in [0, 0.05) is 10.8 Å². The number of anilines is 4. The highest BCUT2D eigenvalue weighted by atomic mass is 32.1. The minimum absolute atomic E-state index is 0.725. The Bertz CT molecular complexity index is 862. The number of para-hydroxylation sites is 4. The van der Waals surface area contributed by atoms with Crippen molar-refractivity contribution in [2.75, 3.05) is 10.6 Å². The van der Waals surface area contributed by atoms with Crippen LogP contribution in [0.25, 0.3) is 0 Å². The average molecular weight is 366 g/mol. The molecule has 7 heteroatoms. The Morgan fingerprint density at radius 2 is 1.12 bits per heavy atom. The Morgan fingerprint density at radius 1 is 0.640 bits per heavy atom. The molecule has 25 heavy (non-hydrogen) atoms. The fraction of sp³-hybridized carbons (Fsp3) is 0. The summed E-state index contributed by atoms with van der Waals surface area (Å²) in [4.78, 5) is 0. The van der Waals surface area contributed by atoms with Crippen LogP contribution in [0.5, 0.6) is 11.5 Å². The van der Waals surface area contributed by atoms with Gasteiger partial charge in [0.1, 0.15) is 11.6 Å². The van der Waals surface area contributed by atoms with Crippen molar-refractivity contribution in [3.05, 3.63) is 71.4 Å². The molecular weight excluding hydrogens is 352 g/mol. The lowest BCUT2D eigenvalue weighted by Gasteiger charge is -2.14.